The predicted molar refractivity (Wildman–Crippen MR) is 74.2 cm³/mol. The summed E-state index contributed by atoms with van der Waals surface area (Å²) in [6, 6.07) is 7.22. The number of benzene rings is 1. The fraction of sp³-hybridized carbons (Fsp3) is 0.333. The van der Waals surface area contributed by atoms with E-state index in [9.17, 15) is 4.79 Å². The van der Waals surface area contributed by atoms with Crippen molar-refractivity contribution in [2.45, 2.75) is 26.3 Å². The molecule has 0 bridgehead atoms. The van der Waals surface area contributed by atoms with Crippen LogP contribution in [-0.4, -0.2) is 16.6 Å². The predicted octanol–water partition coefficient (Wildman–Crippen LogP) is 2.18. The van der Waals surface area contributed by atoms with Gasteiger partial charge in [-0.1, -0.05) is 24.4 Å². The highest BCUT2D eigenvalue weighted by Crippen LogP contribution is 2.10. The van der Waals surface area contributed by atoms with Crippen molar-refractivity contribution >= 4 is 28.9 Å². The molecule has 17 heavy (non-hydrogen) atoms. The summed E-state index contributed by atoms with van der Waals surface area (Å²) in [6.07, 6.45) is 0. The third kappa shape index (κ3) is 4.03. The first-order valence-electron chi connectivity index (χ1n) is 5.27. The van der Waals surface area contributed by atoms with Crippen molar-refractivity contribution < 1.29 is 4.79 Å². The van der Waals surface area contributed by atoms with Crippen LogP contribution in [0.3, 0.4) is 0 Å². The normalized spacial score (nSPS) is 10.8. The van der Waals surface area contributed by atoms with Crippen LogP contribution in [0.1, 0.15) is 19.4 Å². The van der Waals surface area contributed by atoms with Gasteiger partial charge in [-0.15, -0.1) is 0 Å². The molecule has 4 nitrogen and oxygen atoms in total. The van der Waals surface area contributed by atoms with E-state index in [1.54, 1.807) is 13.8 Å². The van der Waals surface area contributed by atoms with E-state index in [1.807, 2.05) is 31.2 Å². The topological polar surface area (TPSA) is 67.2 Å². The molecule has 0 atom stereocenters. The van der Waals surface area contributed by atoms with Crippen LogP contribution in [0.15, 0.2) is 24.3 Å². The number of nitrogens with two attached hydrogens (primary N) is 1. The number of aryl methyl sites for hydroxylation is 1. The van der Waals surface area contributed by atoms with E-state index in [-0.39, 0.29) is 11.0 Å². The molecule has 0 saturated heterocycles. The highest BCUT2D eigenvalue weighted by Gasteiger charge is 2.23. The highest BCUT2D eigenvalue weighted by atomic mass is 32.1. The van der Waals surface area contributed by atoms with Gasteiger partial charge in [0, 0.05) is 5.69 Å². The largest absolute Gasteiger partial charge is 0.391 e. The van der Waals surface area contributed by atoms with Gasteiger partial charge in [0.15, 0.2) is 0 Å². The van der Waals surface area contributed by atoms with Crippen molar-refractivity contribution in [1.29, 1.82) is 0 Å². The number of rotatable bonds is 3. The SMILES string of the molecule is Cc1cccc(NC(=O)NC(C)(C)C(N)=S)c1. The van der Waals surface area contributed by atoms with E-state index in [4.69, 9.17) is 18.0 Å². The van der Waals surface area contributed by atoms with Gasteiger partial charge in [-0.3, -0.25) is 0 Å². The molecular formula is C12H17N3OS. The molecule has 0 unspecified atom stereocenters. The average Bonchev–Trinajstić information content (AvgIpc) is 2.15. The standard InChI is InChI=1S/C12H17N3OS/c1-8-5-4-6-9(7-8)14-11(16)15-12(2,3)10(13)17/h4-7H,1-3H3,(H2,13,17)(H2,14,15,16). The summed E-state index contributed by atoms with van der Waals surface area (Å²) < 4.78 is 0. The van der Waals surface area contributed by atoms with E-state index < -0.39 is 5.54 Å². The number of nitrogens with one attached hydrogen (secondary N) is 2. The summed E-state index contributed by atoms with van der Waals surface area (Å²) >= 11 is 4.87. The van der Waals surface area contributed by atoms with Crippen molar-refractivity contribution in [2.75, 3.05) is 5.32 Å². The lowest BCUT2D eigenvalue weighted by molar-refractivity contribution is 0.247. The first kappa shape index (κ1) is 13.4. The summed E-state index contributed by atoms with van der Waals surface area (Å²) in [4.78, 5) is 12.0. The van der Waals surface area contributed by atoms with E-state index in [0.717, 1.165) is 11.3 Å². The van der Waals surface area contributed by atoms with Crippen molar-refractivity contribution in [3.63, 3.8) is 0 Å². The van der Waals surface area contributed by atoms with E-state index in [2.05, 4.69) is 10.6 Å². The lowest BCUT2D eigenvalue weighted by Gasteiger charge is -2.24. The number of carbonyl (C=O) groups excluding carboxylic acids is 1. The van der Waals surface area contributed by atoms with Gasteiger partial charge in [-0.25, -0.2) is 4.79 Å². The van der Waals surface area contributed by atoms with Gasteiger partial charge in [0.05, 0.1) is 10.5 Å². The number of urea groups is 1. The number of hydrogen-bond acceptors (Lipinski definition) is 2. The van der Waals surface area contributed by atoms with Gasteiger partial charge in [-0.05, 0) is 38.5 Å². The zero-order valence-electron chi connectivity index (χ0n) is 10.2. The van der Waals surface area contributed by atoms with Gasteiger partial charge in [-0.2, -0.15) is 0 Å². The monoisotopic (exact) mass is 251 g/mol. The Labute approximate surface area is 107 Å². The number of amides is 2. The first-order chi connectivity index (χ1) is 7.81. The fourth-order valence-electron chi connectivity index (χ4n) is 1.23. The fourth-order valence-corrected chi connectivity index (χ4v) is 1.28. The Morgan fingerprint density at radius 3 is 2.59 bits per heavy atom. The lowest BCUT2D eigenvalue weighted by Crippen LogP contribution is -2.53. The Balaban J connectivity index is 2.65. The molecule has 5 heteroatoms. The zero-order chi connectivity index (χ0) is 13.1. The van der Waals surface area contributed by atoms with E-state index >= 15 is 0 Å². The Hall–Kier alpha value is -1.62. The minimum atomic E-state index is -0.705. The first-order valence-corrected chi connectivity index (χ1v) is 5.68. The highest BCUT2D eigenvalue weighted by molar-refractivity contribution is 7.80. The molecule has 0 radical (unpaired) electrons. The van der Waals surface area contributed by atoms with Crippen molar-refractivity contribution in [2.24, 2.45) is 5.73 Å². The lowest BCUT2D eigenvalue weighted by atomic mass is 10.1. The van der Waals surface area contributed by atoms with Crippen LogP contribution in [0, 0.1) is 6.92 Å². The smallest absolute Gasteiger partial charge is 0.319 e. The maximum absolute atomic E-state index is 11.7. The van der Waals surface area contributed by atoms with Crippen LogP contribution in [-0.2, 0) is 0 Å². The maximum atomic E-state index is 11.7. The summed E-state index contributed by atoms with van der Waals surface area (Å²) in [5.41, 5.74) is 6.64. The van der Waals surface area contributed by atoms with Gasteiger partial charge >= 0.3 is 6.03 Å². The minimum Gasteiger partial charge on any atom is -0.391 e. The number of thiocarbonyl (C=S) groups is 1. The molecule has 2 amide bonds. The molecule has 0 aliphatic rings. The summed E-state index contributed by atoms with van der Waals surface area (Å²) in [7, 11) is 0. The van der Waals surface area contributed by atoms with Gasteiger partial charge in [0.1, 0.15) is 0 Å². The molecule has 0 aliphatic carbocycles. The third-order valence-electron chi connectivity index (χ3n) is 2.32. The molecule has 1 rings (SSSR count). The Kier molecular flexibility index (Phi) is 4.07. The average molecular weight is 251 g/mol. The Bertz CT molecular complexity index is 443. The second-order valence-electron chi connectivity index (χ2n) is 4.44. The van der Waals surface area contributed by atoms with Crippen LogP contribution in [0.5, 0.6) is 0 Å². The van der Waals surface area contributed by atoms with Crippen LogP contribution in [0.4, 0.5) is 10.5 Å². The maximum Gasteiger partial charge on any atom is 0.319 e. The quantitative estimate of drug-likeness (QED) is 0.721. The third-order valence-corrected chi connectivity index (χ3v) is 2.83. The Morgan fingerprint density at radius 2 is 2.06 bits per heavy atom. The molecular weight excluding hydrogens is 234 g/mol. The Morgan fingerprint density at radius 1 is 1.41 bits per heavy atom. The second kappa shape index (κ2) is 5.14. The molecule has 0 aromatic heterocycles. The molecule has 0 saturated carbocycles. The summed E-state index contributed by atoms with van der Waals surface area (Å²) in [6.45, 7) is 5.47. The molecule has 0 spiro atoms. The number of anilines is 1. The van der Waals surface area contributed by atoms with Crippen molar-refractivity contribution in [1.82, 2.24) is 5.32 Å². The molecule has 0 aliphatic heterocycles. The molecule has 0 fully saturated rings. The molecule has 1 aromatic carbocycles. The van der Waals surface area contributed by atoms with Crippen molar-refractivity contribution in [3.05, 3.63) is 29.8 Å². The molecule has 0 heterocycles. The minimum absolute atomic E-state index is 0.247. The molecule has 4 N–H and O–H groups in total. The van der Waals surface area contributed by atoms with Crippen LogP contribution >= 0.6 is 12.2 Å². The van der Waals surface area contributed by atoms with Gasteiger partial charge < -0.3 is 16.4 Å². The van der Waals surface area contributed by atoms with Gasteiger partial charge in [0.25, 0.3) is 0 Å². The number of hydrogen-bond donors (Lipinski definition) is 3. The van der Waals surface area contributed by atoms with Crippen LogP contribution in [0.25, 0.3) is 0 Å². The van der Waals surface area contributed by atoms with Gasteiger partial charge in [0.2, 0.25) is 0 Å². The zero-order valence-corrected chi connectivity index (χ0v) is 11.0. The second-order valence-corrected chi connectivity index (χ2v) is 4.88. The van der Waals surface area contributed by atoms with Crippen LogP contribution < -0.4 is 16.4 Å². The van der Waals surface area contributed by atoms with Crippen LogP contribution in [0.2, 0.25) is 0 Å². The van der Waals surface area contributed by atoms with E-state index in [0.29, 0.717) is 0 Å². The van der Waals surface area contributed by atoms with E-state index in [1.165, 1.54) is 0 Å². The summed E-state index contributed by atoms with van der Waals surface area (Å²) in [5.74, 6) is 0. The summed E-state index contributed by atoms with van der Waals surface area (Å²) in [5, 5.41) is 5.44. The van der Waals surface area contributed by atoms with Crippen molar-refractivity contribution in [3.8, 4) is 0 Å². The molecule has 92 valence electrons. The molecule has 1 aromatic rings. The number of carbonyl (C=O) groups is 1.